The standard InChI is InChI=1S/C7H7F3N2O3/c1-3-5(7(8,9)10)11-12(6(3)15)2-4(13)14/h3H,2H2,1H3,(H,13,14). The third-order valence-electron chi connectivity index (χ3n) is 1.84. The van der Waals surface area contributed by atoms with E-state index in [0.717, 1.165) is 6.92 Å². The number of carboxylic acid groups (broad SMARTS) is 1. The largest absolute Gasteiger partial charge is 0.480 e. The molecule has 0 aliphatic carbocycles. The molecule has 1 aliphatic heterocycles. The number of hydrogen-bond donors (Lipinski definition) is 1. The number of alkyl halides is 3. The summed E-state index contributed by atoms with van der Waals surface area (Å²) in [5, 5.41) is 11.6. The van der Waals surface area contributed by atoms with Crippen molar-refractivity contribution in [3.8, 4) is 0 Å². The normalized spacial score (nSPS) is 21.9. The number of rotatable bonds is 2. The van der Waals surface area contributed by atoms with E-state index in [9.17, 15) is 22.8 Å². The molecule has 0 saturated heterocycles. The third kappa shape index (κ3) is 2.25. The first-order chi connectivity index (χ1) is 6.73. The van der Waals surface area contributed by atoms with Gasteiger partial charge in [-0.1, -0.05) is 0 Å². The van der Waals surface area contributed by atoms with Crippen LogP contribution in [0.1, 0.15) is 6.92 Å². The van der Waals surface area contributed by atoms with E-state index in [4.69, 9.17) is 5.11 Å². The number of nitrogens with zero attached hydrogens (tertiary/aromatic N) is 2. The number of hydrogen-bond acceptors (Lipinski definition) is 3. The third-order valence-corrected chi connectivity index (χ3v) is 1.84. The molecule has 0 radical (unpaired) electrons. The molecule has 8 heteroatoms. The first-order valence-electron chi connectivity index (χ1n) is 3.92. The highest BCUT2D eigenvalue weighted by Gasteiger charge is 2.47. The second-order valence-corrected chi connectivity index (χ2v) is 2.99. The van der Waals surface area contributed by atoms with Gasteiger partial charge in [-0.3, -0.25) is 9.59 Å². The summed E-state index contributed by atoms with van der Waals surface area (Å²) in [6, 6.07) is 0. The zero-order valence-corrected chi connectivity index (χ0v) is 7.58. The molecule has 15 heavy (non-hydrogen) atoms. The van der Waals surface area contributed by atoms with E-state index in [1.54, 1.807) is 0 Å². The smallest absolute Gasteiger partial charge is 0.431 e. The predicted molar refractivity (Wildman–Crippen MR) is 42.0 cm³/mol. The zero-order chi connectivity index (χ0) is 11.8. The van der Waals surface area contributed by atoms with Crippen molar-refractivity contribution in [1.29, 1.82) is 0 Å². The van der Waals surface area contributed by atoms with Gasteiger partial charge in [0.15, 0.2) is 5.71 Å². The van der Waals surface area contributed by atoms with Crippen LogP contribution < -0.4 is 0 Å². The molecule has 0 aromatic heterocycles. The van der Waals surface area contributed by atoms with E-state index in [2.05, 4.69) is 5.10 Å². The van der Waals surface area contributed by atoms with Gasteiger partial charge in [-0.2, -0.15) is 18.3 Å². The van der Waals surface area contributed by atoms with Gasteiger partial charge in [0, 0.05) is 0 Å². The van der Waals surface area contributed by atoms with Gasteiger partial charge in [-0.25, -0.2) is 5.01 Å². The fourth-order valence-corrected chi connectivity index (χ4v) is 1.15. The van der Waals surface area contributed by atoms with Gasteiger partial charge >= 0.3 is 12.1 Å². The Morgan fingerprint density at radius 1 is 1.60 bits per heavy atom. The van der Waals surface area contributed by atoms with Crippen molar-refractivity contribution in [3.63, 3.8) is 0 Å². The molecular formula is C7H7F3N2O3. The number of hydrazone groups is 1. The molecule has 0 spiro atoms. The molecule has 1 amide bonds. The quantitative estimate of drug-likeness (QED) is 0.741. The second-order valence-electron chi connectivity index (χ2n) is 2.99. The number of aliphatic carboxylic acids is 1. The van der Waals surface area contributed by atoms with Crippen molar-refractivity contribution in [1.82, 2.24) is 5.01 Å². The Bertz CT molecular complexity index is 337. The molecule has 0 aromatic carbocycles. The molecule has 0 aromatic rings. The number of carbonyl (C=O) groups excluding carboxylic acids is 1. The summed E-state index contributed by atoms with van der Waals surface area (Å²) < 4.78 is 36.7. The summed E-state index contributed by atoms with van der Waals surface area (Å²) in [6.07, 6.45) is -4.71. The molecule has 0 saturated carbocycles. The lowest BCUT2D eigenvalue weighted by atomic mass is 10.1. The van der Waals surface area contributed by atoms with Crippen LogP contribution in [0, 0.1) is 5.92 Å². The molecule has 1 rings (SSSR count). The maximum atomic E-state index is 12.2. The molecule has 84 valence electrons. The van der Waals surface area contributed by atoms with E-state index in [1.807, 2.05) is 0 Å². The van der Waals surface area contributed by atoms with Crippen LogP contribution >= 0.6 is 0 Å². The molecule has 1 unspecified atom stereocenters. The molecule has 1 aliphatic rings. The van der Waals surface area contributed by atoms with Crippen molar-refractivity contribution in [2.24, 2.45) is 11.0 Å². The van der Waals surface area contributed by atoms with Gasteiger partial charge in [-0.15, -0.1) is 0 Å². The molecule has 1 atom stereocenters. The molecule has 1 heterocycles. The highest BCUT2D eigenvalue weighted by molar-refractivity contribution is 6.10. The fourth-order valence-electron chi connectivity index (χ4n) is 1.15. The first kappa shape index (κ1) is 11.5. The average Bonchev–Trinajstić information content (AvgIpc) is 2.30. The van der Waals surface area contributed by atoms with Crippen LogP contribution in [0.25, 0.3) is 0 Å². The lowest BCUT2D eigenvalue weighted by Crippen LogP contribution is -2.32. The van der Waals surface area contributed by atoms with Crippen LogP contribution in [0.3, 0.4) is 0 Å². The molecule has 1 N–H and O–H groups in total. The van der Waals surface area contributed by atoms with Gasteiger partial charge in [0.2, 0.25) is 0 Å². The topological polar surface area (TPSA) is 70.0 Å². The number of carbonyl (C=O) groups is 2. The maximum absolute atomic E-state index is 12.2. The van der Waals surface area contributed by atoms with Crippen molar-refractivity contribution in [2.75, 3.05) is 6.54 Å². The van der Waals surface area contributed by atoms with Crippen LogP contribution in [0.5, 0.6) is 0 Å². The van der Waals surface area contributed by atoms with E-state index in [1.165, 1.54) is 0 Å². The van der Waals surface area contributed by atoms with Crippen LogP contribution in [0.4, 0.5) is 13.2 Å². The monoisotopic (exact) mass is 224 g/mol. The minimum Gasteiger partial charge on any atom is -0.480 e. The summed E-state index contributed by atoms with van der Waals surface area (Å²) in [7, 11) is 0. The maximum Gasteiger partial charge on any atom is 0.431 e. The van der Waals surface area contributed by atoms with Gasteiger partial charge in [0.05, 0.1) is 5.92 Å². The van der Waals surface area contributed by atoms with Gasteiger partial charge < -0.3 is 5.11 Å². The number of carboxylic acids is 1. The van der Waals surface area contributed by atoms with Gasteiger partial charge in [-0.05, 0) is 6.92 Å². The lowest BCUT2D eigenvalue weighted by Gasteiger charge is -2.08. The summed E-state index contributed by atoms with van der Waals surface area (Å²) in [5.41, 5.74) is -1.26. The summed E-state index contributed by atoms with van der Waals surface area (Å²) in [4.78, 5) is 21.4. The Morgan fingerprint density at radius 3 is 2.47 bits per heavy atom. The Kier molecular flexibility index (Phi) is 2.69. The van der Waals surface area contributed by atoms with Crippen LogP contribution in [-0.2, 0) is 9.59 Å². The Morgan fingerprint density at radius 2 is 2.13 bits per heavy atom. The van der Waals surface area contributed by atoms with Crippen molar-refractivity contribution < 1.29 is 27.9 Å². The zero-order valence-electron chi connectivity index (χ0n) is 7.58. The van der Waals surface area contributed by atoms with E-state index in [0.29, 0.717) is 5.01 Å². The Hall–Kier alpha value is -1.60. The van der Waals surface area contributed by atoms with Crippen LogP contribution in [0.15, 0.2) is 5.10 Å². The van der Waals surface area contributed by atoms with Gasteiger partial charge in [0.1, 0.15) is 6.54 Å². The second kappa shape index (κ2) is 3.52. The highest BCUT2D eigenvalue weighted by atomic mass is 19.4. The van der Waals surface area contributed by atoms with E-state index < -0.39 is 36.2 Å². The lowest BCUT2D eigenvalue weighted by molar-refractivity contribution is -0.144. The summed E-state index contributed by atoms with van der Waals surface area (Å²) in [6.45, 7) is 0.180. The molecular weight excluding hydrogens is 217 g/mol. The predicted octanol–water partition coefficient (Wildman–Crippen LogP) is 0.468. The Labute approximate surface area is 82.2 Å². The summed E-state index contributed by atoms with van der Waals surface area (Å²) in [5.74, 6) is -3.81. The minimum absolute atomic E-state index is 0.315. The van der Waals surface area contributed by atoms with Gasteiger partial charge in [0.25, 0.3) is 5.91 Å². The van der Waals surface area contributed by atoms with E-state index >= 15 is 0 Å². The SMILES string of the molecule is CC1C(=O)N(CC(=O)O)N=C1C(F)(F)F. The first-order valence-corrected chi connectivity index (χ1v) is 3.92. The molecule has 0 fully saturated rings. The molecule has 5 nitrogen and oxygen atoms in total. The van der Waals surface area contributed by atoms with Crippen LogP contribution in [0.2, 0.25) is 0 Å². The number of halogens is 3. The van der Waals surface area contributed by atoms with Crippen molar-refractivity contribution >= 4 is 17.6 Å². The molecule has 0 bridgehead atoms. The Balaban J connectivity index is 2.92. The van der Waals surface area contributed by atoms with Crippen molar-refractivity contribution in [2.45, 2.75) is 13.1 Å². The number of amides is 1. The highest BCUT2D eigenvalue weighted by Crippen LogP contribution is 2.28. The summed E-state index contributed by atoms with van der Waals surface area (Å²) >= 11 is 0. The van der Waals surface area contributed by atoms with Crippen LogP contribution in [-0.4, -0.2) is 40.4 Å². The average molecular weight is 224 g/mol. The van der Waals surface area contributed by atoms with Crippen molar-refractivity contribution in [3.05, 3.63) is 0 Å². The van der Waals surface area contributed by atoms with E-state index in [-0.39, 0.29) is 0 Å². The minimum atomic E-state index is -4.71. The fraction of sp³-hybridized carbons (Fsp3) is 0.571.